The molecule has 0 atom stereocenters. The lowest BCUT2D eigenvalue weighted by Gasteiger charge is -2.34. The number of aromatic amines is 1. The first-order chi connectivity index (χ1) is 11.0. The SMILES string of the molecule is Cc1nn(C)cc1CN1CCN(C(=O)c2n[nH]c(Br)c2Br)CC1. The Morgan fingerprint density at radius 1 is 1.30 bits per heavy atom. The van der Waals surface area contributed by atoms with E-state index in [4.69, 9.17) is 0 Å². The topological polar surface area (TPSA) is 70.1 Å². The predicted octanol–water partition coefficient (Wildman–Crippen LogP) is 1.93. The van der Waals surface area contributed by atoms with Crippen LogP contribution in [0.25, 0.3) is 0 Å². The van der Waals surface area contributed by atoms with Gasteiger partial charge in [-0.1, -0.05) is 0 Å². The van der Waals surface area contributed by atoms with Crippen molar-refractivity contribution in [1.29, 1.82) is 0 Å². The van der Waals surface area contributed by atoms with Crippen LogP contribution in [0.5, 0.6) is 0 Å². The quantitative estimate of drug-likeness (QED) is 0.783. The van der Waals surface area contributed by atoms with Gasteiger partial charge in [-0.05, 0) is 38.8 Å². The van der Waals surface area contributed by atoms with E-state index >= 15 is 0 Å². The van der Waals surface area contributed by atoms with Crippen LogP contribution in [-0.4, -0.2) is 61.9 Å². The summed E-state index contributed by atoms with van der Waals surface area (Å²) in [7, 11) is 1.94. The number of hydrogen-bond acceptors (Lipinski definition) is 4. The molecule has 1 aliphatic heterocycles. The summed E-state index contributed by atoms with van der Waals surface area (Å²) in [5, 5.41) is 11.2. The lowest BCUT2D eigenvalue weighted by molar-refractivity contribution is 0.0621. The highest BCUT2D eigenvalue weighted by Crippen LogP contribution is 2.25. The third-order valence-corrected chi connectivity index (χ3v) is 5.92. The van der Waals surface area contributed by atoms with Crippen molar-refractivity contribution in [2.24, 2.45) is 7.05 Å². The van der Waals surface area contributed by atoms with Gasteiger partial charge in [0.1, 0.15) is 4.60 Å². The van der Waals surface area contributed by atoms with Crippen molar-refractivity contribution >= 4 is 37.8 Å². The van der Waals surface area contributed by atoms with Gasteiger partial charge in [0.25, 0.3) is 5.91 Å². The van der Waals surface area contributed by atoms with E-state index in [1.165, 1.54) is 5.56 Å². The van der Waals surface area contributed by atoms with Crippen molar-refractivity contribution < 1.29 is 4.79 Å². The van der Waals surface area contributed by atoms with E-state index in [1.54, 1.807) is 0 Å². The molecule has 1 N–H and O–H groups in total. The normalized spacial score (nSPS) is 16.1. The largest absolute Gasteiger partial charge is 0.335 e. The fourth-order valence-electron chi connectivity index (χ4n) is 2.75. The highest BCUT2D eigenvalue weighted by Gasteiger charge is 2.26. The molecule has 9 heteroatoms. The van der Waals surface area contributed by atoms with Crippen molar-refractivity contribution in [2.45, 2.75) is 13.5 Å². The number of hydrogen-bond donors (Lipinski definition) is 1. The highest BCUT2D eigenvalue weighted by molar-refractivity contribution is 9.13. The zero-order valence-electron chi connectivity index (χ0n) is 13.0. The van der Waals surface area contributed by atoms with Crippen molar-refractivity contribution in [3.63, 3.8) is 0 Å². The van der Waals surface area contributed by atoms with Gasteiger partial charge in [0.2, 0.25) is 0 Å². The Labute approximate surface area is 151 Å². The predicted molar refractivity (Wildman–Crippen MR) is 93.1 cm³/mol. The lowest BCUT2D eigenvalue weighted by Crippen LogP contribution is -2.48. The van der Waals surface area contributed by atoms with Gasteiger partial charge in [-0.2, -0.15) is 10.2 Å². The number of aromatic nitrogens is 4. The molecule has 0 aliphatic carbocycles. The van der Waals surface area contributed by atoms with Crippen molar-refractivity contribution in [3.8, 4) is 0 Å². The molecule has 3 heterocycles. The molecule has 0 bridgehead atoms. The molecule has 1 amide bonds. The number of amides is 1. The number of piperazine rings is 1. The zero-order valence-corrected chi connectivity index (χ0v) is 16.2. The number of carbonyl (C=O) groups excluding carboxylic acids is 1. The van der Waals surface area contributed by atoms with Gasteiger partial charge >= 0.3 is 0 Å². The summed E-state index contributed by atoms with van der Waals surface area (Å²) in [6.07, 6.45) is 2.06. The van der Waals surface area contributed by atoms with Crippen LogP contribution < -0.4 is 0 Å². The van der Waals surface area contributed by atoms with Gasteiger partial charge in [0, 0.05) is 51.5 Å². The van der Waals surface area contributed by atoms with Crippen LogP contribution in [0.4, 0.5) is 0 Å². The maximum Gasteiger partial charge on any atom is 0.275 e. The number of carbonyl (C=O) groups is 1. The van der Waals surface area contributed by atoms with Gasteiger partial charge in [0.05, 0.1) is 10.2 Å². The molecule has 1 aliphatic rings. The molecule has 0 spiro atoms. The van der Waals surface area contributed by atoms with E-state index in [9.17, 15) is 4.79 Å². The molecule has 0 radical (unpaired) electrons. The Balaban J connectivity index is 1.59. The molecule has 0 unspecified atom stereocenters. The molecule has 1 fully saturated rings. The summed E-state index contributed by atoms with van der Waals surface area (Å²) in [6, 6.07) is 0. The van der Waals surface area contributed by atoms with Crippen LogP contribution in [0.15, 0.2) is 15.3 Å². The monoisotopic (exact) mass is 444 g/mol. The average Bonchev–Trinajstić information content (AvgIpc) is 3.02. The number of rotatable bonds is 3. The maximum absolute atomic E-state index is 12.5. The van der Waals surface area contributed by atoms with Crippen LogP contribution >= 0.6 is 31.9 Å². The number of halogens is 2. The Morgan fingerprint density at radius 3 is 2.52 bits per heavy atom. The van der Waals surface area contributed by atoms with Gasteiger partial charge < -0.3 is 4.90 Å². The van der Waals surface area contributed by atoms with Crippen LogP contribution in [0.1, 0.15) is 21.7 Å². The third-order valence-electron chi connectivity index (χ3n) is 4.04. The summed E-state index contributed by atoms with van der Waals surface area (Å²) in [4.78, 5) is 16.7. The van der Waals surface area contributed by atoms with Gasteiger partial charge in [0.15, 0.2) is 5.69 Å². The van der Waals surface area contributed by atoms with E-state index in [1.807, 2.05) is 23.6 Å². The van der Waals surface area contributed by atoms with E-state index in [0.717, 1.165) is 25.3 Å². The van der Waals surface area contributed by atoms with Gasteiger partial charge in [-0.25, -0.2) is 0 Å². The second-order valence-corrected chi connectivity index (χ2v) is 7.27. The minimum Gasteiger partial charge on any atom is -0.335 e. The summed E-state index contributed by atoms with van der Waals surface area (Å²) in [5.41, 5.74) is 2.73. The van der Waals surface area contributed by atoms with Gasteiger partial charge in [-0.3, -0.25) is 19.5 Å². The second kappa shape index (κ2) is 6.74. The molecule has 0 saturated carbocycles. The standard InChI is InChI=1S/C14H18Br2N6O/c1-9-10(7-20(2)19-9)8-21-3-5-22(6-4-21)14(23)12-11(15)13(16)18-17-12/h7H,3-6,8H2,1-2H3,(H,17,18). The summed E-state index contributed by atoms with van der Waals surface area (Å²) >= 11 is 6.69. The molecule has 1 saturated heterocycles. The summed E-state index contributed by atoms with van der Waals surface area (Å²) in [6.45, 7) is 6.01. The zero-order chi connectivity index (χ0) is 16.6. The van der Waals surface area contributed by atoms with Crippen LogP contribution in [0.3, 0.4) is 0 Å². The first-order valence-electron chi connectivity index (χ1n) is 7.36. The van der Waals surface area contributed by atoms with Crippen LogP contribution in [-0.2, 0) is 13.6 Å². The molecule has 3 rings (SSSR count). The Hall–Kier alpha value is -1.19. The lowest BCUT2D eigenvalue weighted by atomic mass is 10.2. The molecule has 23 heavy (non-hydrogen) atoms. The fourth-order valence-corrected chi connectivity index (χ4v) is 3.38. The van der Waals surface area contributed by atoms with E-state index < -0.39 is 0 Å². The molecule has 0 aromatic carbocycles. The molecular formula is C14H18Br2N6O. The molecule has 124 valence electrons. The van der Waals surface area contributed by atoms with E-state index in [0.29, 0.717) is 27.9 Å². The number of nitrogens with zero attached hydrogens (tertiary/aromatic N) is 5. The minimum absolute atomic E-state index is 0.0453. The highest BCUT2D eigenvalue weighted by atomic mass is 79.9. The summed E-state index contributed by atoms with van der Waals surface area (Å²) in [5.74, 6) is -0.0453. The molecule has 2 aromatic heterocycles. The van der Waals surface area contributed by atoms with Crippen molar-refractivity contribution in [3.05, 3.63) is 32.2 Å². The minimum atomic E-state index is -0.0453. The van der Waals surface area contributed by atoms with E-state index in [2.05, 4.69) is 58.3 Å². The molecule has 7 nitrogen and oxygen atoms in total. The number of H-pyrrole nitrogens is 1. The van der Waals surface area contributed by atoms with Crippen LogP contribution in [0.2, 0.25) is 0 Å². The molecule has 2 aromatic rings. The second-order valence-electron chi connectivity index (χ2n) is 5.68. The first kappa shape index (κ1) is 16.7. The summed E-state index contributed by atoms with van der Waals surface area (Å²) < 4.78 is 3.21. The maximum atomic E-state index is 12.5. The van der Waals surface area contributed by atoms with Gasteiger partial charge in [-0.15, -0.1) is 0 Å². The number of nitrogens with one attached hydrogen (secondary N) is 1. The fraction of sp³-hybridized carbons (Fsp3) is 0.500. The van der Waals surface area contributed by atoms with E-state index in [-0.39, 0.29) is 5.91 Å². The van der Waals surface area contributed by atoms with Crippen molar-refractivity contribution in [2.75, 3.05) is 26.2 Å². The van der Waals surface area contributed by atoms with Crippen molar-refractivity contribution in [1.82, 2.24) is 29.8 Å². The average molecular weight is 446 g/mol. The Kier molecular flexibility index (Phi) is 4.88. The first-order valence-corrected chi connectivity index (χ1v) is 8.94. The van der Waals surface area contributed by atoms with Crippen LogP contribution in [0, 0.1) is 6.92 Å². The Morgan fingerprint density at radius 2 is 2.00 bits per heavy atom. The Bertz CT molecular complexity index is 717. The third kappa shape index (κ3) is 3.51. The smallest absolute Gasteiger partial charge is 0.275 e. The molecular weight excluding hydrogens is 428 g/mol. The number of aryl methyl sites for hydroxylation is 2.